The van der Waals surface area contributed by atoms with E-state index in [1.54, 1.807) is 0 Å². The number of anilines is 1. The van der Waals surface area contributed by atoms with Gasteiger partial charge < -0.3 is 5.73 Å². The van der Waals surface area contributed by atoms with E-state index in [4.69, 9.17) is 45.0 Å². The van der Waals surface area contributed by atoms with Crippen molar-refractivity contribution in [1.29, 1.82) is 0 Å². The van der Waals surface area contributed by atoms with Crippen LogP contribution in [0.1, 0.15) is 5.82 Å². The number of imide groups is 1. The van der Waals surface area contributed by atoms with Gasteiger partial charge in [0.15, 0.2) is 0 Å². The summed E-state index contributed by atoms with van der Waals surface area (Å²) in [7, 11) is 29.4. The van der Waals surface area contributed by atoms with Crippen LogP contribution in [0.15, 0.2) is 10.9 Å². The summed E-state index contributed by atoms with van der Waals surface area (Å²) in [4.78, 5) is 41.5. The average molecular weight is 335 g/mol. The lowest BCUT2D eigenvalue weighted by atomic mass is 9.49. The molecule has 10 radical (unpaired) electrons. The predicted octanol–water partition coefficient (Wildman–Crippen LogP) is -3.73. The Labute approximate surface area is 155 Å². The number of amides is 2. The molecule has 1 saturated heterocycles. The van der Waals surface area contributed by atoms with Crippen molar-refractivity contribution in [3.05, 3.63) is 22.2 Å². The van der Waals surface area contributed by atoms with Gasteiger partial charge in [-0.25, -0.2) is 4.98 Å². The molecule has 0 aliphatic carbocycles. The van der Waals surface area contributed by atoms with Gasteiger partial charge in [-0.3, -0.25) is 24.3 Å². The molecular formula is C14H9B5N4O3. The van der Waals surface area contributed by atoms with Crippen LogP contribution in [0.5, 0.6) is 0 Å². The minimum Gasteiger partial charge on any atom is -0.399 e. The van der Waals surface area contributed by atoms with Crippen LogP contribution in [0.2, 0.25) is 11.6 Å². The van der Waals surface area contributed by atoms with Crippen molar-refractivity contribution in [2.24, 2.45) is 0 Å². The number of nitrogens with zero attached hydrogens (tertiary/aromatic N) is 2. The van der Waals surface area contributed by atoms with Gasteiger partial charge >= 0.3 is 0 Å². The van der Waals surface area contributed by atoms with Gasteiger partial charge in [-0.15, -0.1) is 0 Å². The zero-order chi connectivity index (χ0) is 19.5. The Balaban J connectivity index is 2.40. The number of carbonyl (C=O) groups excluding carboxylic acids is 2. The summed E-state index contributed by atoms with van der Waals surface area (Å²) in [6, 6.07) is 1.39. The van der Waals surface area contributed by atoms with Gasteiger partial charge in [0.2, 0.25) is 11.8 Å². The number of aromatic nitrogens is 2. The Morgan fingerprint density at radius 1 is 1.27 bits per heavy atom. The monoisotopic (exact) mass is 336 g/mol. The molecule has 3 atom stereocenters. The minimum absolute atomic E-state index is 0.00199. The van der Waals surface area contributed by atoms with Crippen LogP contribution < -0.4 is 27.5 Å². The summed E-state index contributed by atoms with van der Waals surface area (Å²) < 4.78 is 0.869. The van der Waals surface area contributed by atoms with Crippen molar-refractivity contribution < 1.29 is 9.59 Å². The molecule has 26 heavy (non-hydrogen) atoms. The third-order valence-electron chi connectivity index (χ3n) is 4.61. The van der Waals surface area contributed by atoms with Crippen LogP contribution in [-0.2, 0) is 15.0 Å². The Hall–Kier alpha value is -2.38. The van der Waals surface area contributed by atoms with Crippen molar-refractivity contribution in [1.82, 2.24) is 14.9 Å². The van der Waals surface area contributed by atoms with Crippen LogP contribution in [0, 0.1) is 6.92 Å². The molecule has 1 aromatic carbocycles. The molecule has 118 valence electrons. The van der Waals surface area contributed by atoms with Gasteiger partial charge in [0.1, 0.15) is 29.4 Å². The van der Waals surface area contributed by atoms with Gasteiger partial charge in [0.25, 0.3) is 5.56 Å². The van der Waals surface area contributed by atoms with Crippen LogP contribution in [-0.4, -0.2) is 60.6 Å². The third-order valence-corrected chi connectivity index (χ3v) is 4.61. The highest BCUT2D eigenvalue weighted by Gasteiger charge is 2.49. The number of carbonyl (C=O) groups is 2. The first kappa shape index (κ1) is 18.4. The number of aryl methyl sites for hydroxylation is 1. The second kappa shape index (κ2) is 5.82. The van der Waals surface area contributed by atoms with Crippen LogP contribution in [0.25, 0.3) is 10.9 Å². The first-order valence-electron chi connectivity index (χ1n) is 7.54. The lowest BCUT2D eigenvalue weighted by Crippen LogP contribution is -2.63. The zero-order valence-electron chi connectivity index (χ0n) is 13.8. The van der Waals surface area contributed by atoms with Crippen LogP contribution >= 0.6 is 0 Å². The number of nitrogens with one attached hydrogen (secondary N) is 1. The lowest BCUT2D eigenvalue weighted by molar-refractivity contribution is -0.137. The summed E-state index contributed by atoms with van der Waals surface area (Å²) in [5.74, 6) is -4.41. The molecule has 2 heterocycles. The first-order valence-corrected chi connectivity index (χ1v) is 7.54. The quantitative estimate of drug-likeness (QED) is 0.317. The van der Waals surface area contributed by atoms with E-state index < -0.39 is 34.4 Å². The molecule has 2 amide bonds. The maximum absolute atomic E-state index is 13.1. The van der Waals surface area contributed by atoms with E-state index in [-0.39, 0.29) is 33.3 Å². The number of piperidine rings is 1. The molecule has 1 aromatic heterocycles. The van der Waals surface area contributed by atoms with Crippen molar-refractivity contribution >= 4 is 78.6 Å². The fourth-order valence-electron chi connectivity index (χ4n) is 3.09. The van der Waals surface area contributed by atoms with Gasteiger partial charge in [-0.2, -0.15) is 0 Å². The molecule has 0 bridgehead atoms. The topological polar surface area (TPSA) is 107 Å². The van der Waals surface area contributed by atoms with E-state index in [0.717, 1.165) is 4.57 Å². The fourth-order valence-corrected chi connectivity index (χ4v) is 3.09. The average Bonchev–Trinajstić information content (AvgIpc) is 2.56. The van der Waals surface area contributed by atoms with Crippen molar-refractivity contribution in [2.75, 3.05) is 5.73 Å². The van der Waals surface area contributed by atoms with Gasteiger partial charge in [-0.05, 0) is 18.8 Å². The normalized spacial score (nSPS) is 26.0. The number of hydrogen-bond donors (Lipinski definition) is 2. The molecule has 1 aliphatic heterocycles. The number of nitrogen functional groups attached to an aromatic ring is 1. The molecule has 3 N–H and O–H groups in total. The second-order valence-corrected chi connectivity index (χ2v) is 6.18. The van der Waals surface area contributed by atoms with Crippen LogP contribution in [0.4, 0.5) is 5.69 Å². The van der Waals surface area contributed by atoms with Crippen molar-refractivity contribution in [3.8, 4) is 0 Å². The summed E-state index contributed by atoms with van der Waals surface area (Å²) in [5.41, 5.74) is 3.25. The van der Waals surface area contributed by atoms with E-state index in [2.05, 4.69) is 4.98 Å². The summed E-state index contributed by atoms with van der Waals surface area (Å²) in [6.07, 6.45) is 0. The Bertz CT molecular complexity index is 1040. The molecule has 0 spiro atoms. The lowest BCUT2D eigenvalue weighted by Gasteiger charge is -2.44. The minimum atomic E-state index is -2.15. The summed E-state index contributed by atoms with van der Waals surface area (Å²) >= 11 is 0. The largest absolute Gasteiger partial charge is 0.399 e. The molecule has 2 aromatic rings. The highest BCUT2D eigenvalue weighted by molar-refractivity contribution is 6.52. The predicted molar refractivity (Wildman–Crippen MR) is 102 cm³/mol. The van der Waals surface area contributed by atoms with Crippen LogP contribution in [0.3, 0.4) is 0 Å². The number of rotatable bonds is 1. The van der Waals surface area contributed by atoms with Gasteiger partial charge in [-0.1, -0.05) is 16.7 Å². The smallest absolute Gasteiger partial charge is 0.263 e. The molecule has 12 heteroatoms. The first-order chi connectivity index (χ1) is 12.0. The fraction of sp³-hybridized carbons (Fsp3) is 0.286. The third kappa shape index (κ3) is 2.27. The molecule has 3 unspecified atom stereocenters. The number of hydrogen-bond acceptors (Lipinski definition) is 5. The number of benzene rings is 1. The second-order valence-electron chi connectivity index (χ2n) is 6.18. The molecule has 0 saturated carbocycles. The SMILES string of the molecule is [B]c1cc2nc(C)n(C3([B])C(=O)NC(=O)C([B])C3[B])c(=O)c2c(N)c1[B]. The van der Waals surface area contributed by atoms with Crippen molar-refractivity contribution in [3.63, 3.8) is 0 Å². The van der Waals surface area contributed by atoms with E-state index in [0.29, 0.717) is 0 Å². The van der Waals surface area contributed by atoms with E-state index in [1.807, 2.05) is 5.32 Å². The molecule has 1 aliphatic rings. The Kier molecular flexibility index (Phi) is 4.12. The van der Waals surface area contributed by atoms with Gasteiger partial charge in [0.05, 0.1) is 32.0 Å². The van der Waals surface area contributed by atoms with E-state index >= 15 is 0 Å². The number of nitrogens with two attached hydrogens (primary N) is 1. The molecule has 3 rings (SSSR count). The summed E-state index contributed by atoms with van der Waals surface area (Å²) in [6.45, 7) is 1.44. The highest BCUT2D eigenvalue weighted by Crippen LogP contribution is 2.38. The zero-order valence-corrected chi connectivity index (χ0v) is 13.8. The Morgan fingerprint density at radius 3 is 2.50 bits per heavy atom. The standard InChI is InChI=1S/C14H9B5N4O3/c1-3-21-5-2-4(15)7(16)9(20)6(5)12(25)23(3)14(19)10(18)8(17)11(24)22-13(14)26/h2,8,10H,20H2,1H3,(H,22,24,26). The van der Waals surface area contributed by atoms with E-state index in [1.165, 1.54) is 13.0 Å². The maximum atomic E-state index is 13.1. The summed E-state index contributed by atoms with van der Waals surface area (Å²) in [5, 5.41) is 1.94. The highest BCUT2D eigenvalue weighted by atomic mass is 16.2. The maximum Gasteiger partial charge on any atom is 0.263 e. The van der Waals surface area contributed by atoms with E-state index in [9.17, 15) is 14.4 Å². The van der Waals surface area contributed by atoms with Crippen molar-refractivity contribution in [2.45, 2.75) is 24.0 Å². The van der Waals surface area contributed by atoms with Gasteiger partial charge in [0, 0.05) is 5.69 Å². The molecular weight excluding hydrogens is 326 g/mol. The Morgan fingerprint density at radius 2 is 1.88 bits per heavy atom. The number of fused-ring (bicyclic) bond motifs is 1. The molecule has 7 nitrogen and oxygen atoms in total. The molecule has 1 fully saturated rings.